The molecule has 12 heavy (non-hydrogen) atoms. The molecule has 0 spiro atoms. The van der Waals surface area contributed by atoms with Gasteiger partial charge in [0.2, 0.25) is 0 Å². The number of hydrogen-bond donors (Lipinski definition) is 1. The predicted molar refractivity (Wildman–Crippen MR) is 56.4 cm³/mol. The predicted octanol–water partition coefficient (Wildman–Crippen LogP) is 3.20. The zero-order valence-electron chi connectivity index (χ0n) is 9.19. The SMILES string of the molecule is CCCC(C)NCCCC(C)C. The Balaban J connectivity index is 3.08. The highest BCUT2D eigenvalue weighted by atomic mass is 14.9. The first-order valence-electron chi connectivity index (χ1n) is 5.40. The minimum absolute atomic E-state index is 0.710. The summed E-state index contributed by atoms with van der Waals surface area (Å²) in [5.74, 6) is 0.855. The second-order valence-corrected chi connectivity index (χ2v) is 4.18. The molecule has 1 unspecified atom stereocenters. The van der Waals surface area contributed by atoms with Gasteiger partial charge in [0, 0.05) is 6.04 Å². The molecule has 0 aliphatic heterocycles. The fourth-order valence-electron chi connectivity index (χ4n) is 1.39. The van der Waals surface area contributed by atoms with Gasteiger partial charge in [0.1, 0.15) is 0 Å². The maximum atomic E-state index is 3.54. The van der Waals surface area contributed by atoms with Crippen molar-refractivity contribution in [3.63, 3.8) is 0 Å². The molecule has 0 aromatic carbocycles. The van der Waals surface area contributed by atoms with Crippen LogP contribution < -0.4 is 5.32 Å². The van der Waals surface area contributed by atoms with Crippen molar-refractivity contribution in [2.24, 2.45) is 5.92 Å². The molecule has 1 N–H and O–H groups in total. The first kappa shape index (κ1) is 12.0. The lowest BCUT2D eigenvalue weighted by Crippen LogP contribution is -2.26. The summed E-state index contributed by atoms with van der Waals surface area (Å²) in [6, 6.07) is 0.710. The van der Waals surface area contributed by atoms with E-state index >= 15 is 0 Å². The van der Waals surface area contributed by atoms with Crippen LogP contribution in [0, 0.1) is 5.92 Å². The first-order chi connectivity index (χ1) is 5.66. The van der Waals surface area contributed by atoms with E-state index in [1.165, 1.54) is 32.2 Å². The molecule has 1 heteroatoms. The van der Waals surface area contributed by atoms with Crippen LogP contribution in [0.25, 0.3) is 0 Å². The molecule has 0 aromatic rings. The van der Waals surface area contributed by atoms with Crippen molar-refractivity contribution in [3.8, 4) is 0 Å². The highest BCUT2D eigenvalue weighted by Gasteiger charge is 1.98. The molecule has 0 radical (unpaired) electrons. The summed E-state index contributed by atoms with van der Waals surface area (Å²) >= 11 is 0. The second kappa shape index (κ2) is 7.60. The average Bonchev–Trinajstić information content (AvgIpc) is 1.98. The Hall–Kier alpha value is -0.0400. The maximum Gasteiger partial charge on any atom is 0.00386 e. The third kappa shape index (κ3) is 8.06. The van der Waals surface area contributed by atoms with Crippen molar-refractivity contribution in [2.45, 2.75) is 59.4 Å². The van der Waals surface area contributed by atoms with Crippen LogP contribution >= 0.6 is 0 Å². The van der Waals surface area contributed by atoms with E-state index < -0.39 is 0 Å². The second-order valence-electron chi connectivity index (χ2n) is 4.18. The molecule has 0 amide bonds. The van der Waals surface area contributed by atoms with Gasteiger partial charge in [-0.2, -0.15) is 0 Å². The lowest BCUT2D eigenvalue weighted by molar-refractivity contribution is 0.470. The lowest BCUT2D eigenvalue weighted by Gasteiger charge is -2.12. The molecular weight excluding hydrogens is 146 g/mol. The van der Waals surface area contributed by atoms with E-state index in [9.17, 15) is 0 Å². The van der Waals surface area contributed by atoms with Crippen molar-refractivity contribution in [2.75, 3.05) is 6.54 Å². The fourth-order valence-corrected chi connectivity index (χ4v) is 1.39. The van der Waals surface area contributed by atoms with Gasteiger partial charge >= 0.3 is 0 Å². The van der Waals surface area contributed by atoms with Crippen LogP contribution in [0.2, 0.25) is 0 Å². The Morgan fingerprint density at radius 3 is 2.25 bits per heavy atom. The minimum Gasteiger partial charge on any atom is -0.314 e. The van der Waals surface area contributed by atoms with E-state index in [0.717, 1.165) is 5.92 Å². The molecule has 0 saturated heterocycles. The van der Waals surface area contributed by atoms with E-state index in [-0.39, 0.29) is 0 Å². The van der Waals surface area contributed by atoms with Gasteiger partial charge in [0.25, 0.3) is 0 Å². The summed E-state index contributed by atoms with van der Waals surface area (Å²) in [7, 11) is 0. The van der Waals surface area contributed by atoms with Crippen LogP contribution in [0.15, 0.2) is 0 Å². The van der Waals surface area contributed by atoms with Crippen LogP contribution in [0.4, 0.5) is 0 Å². The normalized spacial score (nSPS) is 13.8. The molecule has 0 rings (SSSR count). The van der Waals surface area contributed by atoms with E-state index in [1.807, 2.05) is 0 Å². The summed E-state index contributed by atoms with van der Waals surface area (Å²) in [5, 5.41) is 3.54. The molecule has 1 nitrogen and oxygen atoms in total. The van der Waals surface area contributed by atoms with Gasteiger partial charge in [-0.3, -0.25) is 0 Å². The van der Waals surface area contributed by atoms with Gasteiger partial charge in [-0.05, 0) is 38.6 Å². The lowest BCUT2D eigenvalue weighted by atomic mass is 10.1. The third-order valence-electron chi connectivity index (χ3n) is 2.17. The van der Waals surface area contributed by atoms with Gasteiger partial charge in [0.15, 0.2) is 0 Å². The van der Waals surface area contributed by atoms with Crippen molar-refractivity contribution in [3.05, 3.63) is 0 Å². The molecule has 74 valence electrons. The van der Waals surface area contributed by atoms with Crippen LogP contribution in [0.3, 0.4) is 0 Å². The van der Waals surface area contributed by atoms with Crippen molar-refractivity contribution in [1.29, 1.82) is 0 Å². The number of rotatable bonds is 7. The molecule has 0 bridgehead atoms. The standard InChI is InChI=1S/C11H25N/c1-5-7-11(4)12-9-6-8-10(2)3/h10-12H,5-9H2,1-4H3. The van der Waals surface area contributed by atoms with Crippen LogP contribution in [-0.4, -0.2) is 12.6 Å². The quantitative estimate of drug-likeness (QED) is 0.580. The van der Waals surface area contributed by atoms with E-state index in [4.69, 9.17) is 0 Å². The molecule has 0 aliphatic rings. The highest BCUT2D eigenvalue weighted by molar-refractivity contribution is 4.59. The van der Waals surface area contributed by atoms with Crippen molar-refractivity contribution < 1.29 is 0 Å². The van der Waals surface area contributed by atoms with Crippen molar-refractivity contribution in [1.82, 2.24) is 5.32 Å². The smallest absolute Gasteiger partial charge is 0.00386 e. The molecular formula is C11H25N. The Morgan fingerprint density at radius 1 is 1.08 bits per heavy atom. The molecule has 0 aliphatic carbocycles. The monoisotopic (exact) mass is 171 g/mol. The van der Waals surface area contributed by atoms with Crippen LogP contribution in [0.5, 0.6) is 0 Å². The third-order valence-corrected chi connectivity index (χ3v) is 2.17. The zero-order chi connectivity index (χ0) is 9.40. The molecule has 1 atom stereocenters. The summed E-state index contributed by atoms with van der Waals surface area (Å²) in [4.78, 5) is 0. The van der Waals surface area contributed by atoms with Crippen molar-refractivity contribution >= 4 is 0 Å². The zero-order valence-corrected chi connectivity index (χ0v) is 9.19. The Labute approximate surface area is 77.9 Å². The van der Waals surface area contributed by atoms with Crippen LogP contribution in [-0.2, 0) is 0 Å². The fraction of sp³-hybridized carbons (Fsp3) is 1.00. The van der Waals surface area contributed by atoms with Gasteiger partial charge in [-0.25, -0.2) is 0 Å². The summed E-state index contributed by atoms with van der Waals surface area (Å²) in [5.41, 5.74) is 0. The van der Waals surface area contributed by atoms with Gasteiger partial charge in [-0.1, -0.05) is 27.2 Å². The van der Waals surface area contributed by atoms with E-state index in [2.05, 4.69) is 33.0 Å². The summed E-state index contributed by atoms with van der Waals surface area (Å²) in [6.45, 7) is 10.3. The Kier molecular flexibility index (Phi) is 7.58. The Morgan fingerprint density at radius 2 is 1.75 bits per heavy atom. The summed E-state index contributed by atoms with van der Waals surface area (Å²) in [6.07, 6.45) is 5.28. The van der Waals surface area contributed by atoms with Crippen LogP contribution in [0.1, 0.15) is 53.4 Å². The van der Waals surface area contributed by atoms with Gasteiger partial charge in [-0.15, -0.1) is 0 Å². The van der Waals surface area contributed by atoms with E-state index in [1.54, 1.807) is 0 Å². The molecule has 0 aromatic heterocycles. The maximum absolute atomic E-state index is 3.54. The van der Waals surface area contributed by atoms with E-state index in [0.29, 0.717) is 6.04 Å². The average molecular weight is 171 g/mol. The summed E-state index contributed by atoms with van der Waals surface area (Å²) < 4.78 is 0. The Bertz CT molecular complexity index is 89.0. The van der Waals surface area contributed by atoms with Gasteiger partial charge < -0.3 is 5.32 Å². The largest absolute Gasteiger partial charge is 0.314 e. The number of nitrogens with one attached hydrogen (secondary N) is 1. The minimum atomic E-state index is 0.710. The molecule has 0 heterocycles. The highest BCUT2D eigenvalue weighted by Crippen LogP contribution is 2.02. The van der Waals surface area contributed by atoms with Gasteiger partial charge in [0.05, 0.1) is 0 Å². The number of hydrogen-bond acceptors (Lipinski definition) is 1. The molecule has 0 fully saturated rings. The topological polar surface area (TPSA) is 12.0 Å². The first-order valence-corrected chi connectivity index (χ1v) is 5.40. The molecule has 0 saturated carbocycles.